The Bertz CT molecular complexity index is 264. The molecule has 0 aromatic carbocycles. The number of rotatable bonds is 5. The van der Waals surface area contributed by atoms with Crippen LogP contribution in [0.3, 0.4) is 0 Å². The first-order valence-corrected chi connectivity index (χ1v) is 5.91. The van der Waals surface area contributed by atoms with Gasteiger partial charge in [0.25, 0.3) is 0 Å². The predicted molar refractivity (Wildman–Crippen MR) is 65.7 cm³/mol. The molecule has 3 heteroatoms. The summed E-state index contributed by atoms with van der Waals surface area (Å²) in [6, 6.07) is 2.08. The highest BCUT2D eigenvalue weighted by molar-refractivity contribution is 5.84. The van der Waals surface area contributed by atoms with Crippen molar-refractivity contribution in [3.8, 4) is 6.07 Å². The summed E-state index contributed by atoms with van der Waals surface area (Å²) in [7, 11) is 0. The number of carbonyl (C=O) groups is 1. The lowest BCUT2D eigenvalue weighted by molar-refractivity contribution is -0.138. The molecule has 1 amide bonds. The lowest BCUT2D eigenvalue weighted by Crippen LogP contribution is -2.43. The maximum Gasteiger partial charge on any atom is 0.242 e. The van der Waals surface area contributed by atoms with Crippen LogP contribution >= 0.6 is 0 Å². The van der Waals surface area contributed by atoms with Gasteiger partial charge >= 0.3 is 0 Å². The van der Waals surface area contributed by atoms with Crippen LogP contribution < -0.4 is 0 Å². The molecule has 0 aromatic rings. The van der Waals surface area contributed by atoms with Crippen molar-refractivity contribution in [3.63, 3.8) is 0 Å². The van der Waals surface area contributed by atoms with Crippen molar-refractivity contribution < 1.29 is 4.79 Å². The van der Waals surface area contributed by atoms with Gasteiger partial charge in [0.05, 0.1) is 6.07 Å². The summed E-state index contributed by atoms with van der Waals surface area (Å²) in [5.41, 5.74) is -0.913. The van der Waals surface area contributed by atoms with E-state index >= 15 is 0 Å². The standard InChI is InChI=1S/C13H24N2O/c1-10(2)7-15(8-11(3)4)12(16)13(5,6)9-14/h10-11H,7-8H2,1-6H3. The van der Waals surface area contributed by atoms with Crippen molar-refractivity contribution in [3.05, 3.63) is 0 Å². The number of hydrogen-bond acceptors (Lipinski definition) is 2. The van der Waals surface area contributed by atoms with E-state index in [2.05, 4.69) is 33.8 Å². The molecule has 0 aliphatic rings. The molecule has 0 spiro atoms. The van der Waals surface area contributed by atoms with E-state index in [0.717, 1.165) is 13.1 Å². The highest BCUT2D eigenvalue weighted by Gasteiger charge is 2.32. The van der Waals surface area contributed by atoms with Crippen LogP contribution in [0.4, 0.5) is 0 Å². The zero-order valence-corrected chi connectivity index (χ0v) is 11.4. The zero-order chi connectivity index (χ0) is 12.9. The van der Waals surface area contributed by atoms with Crippen LogP contribution in [0.15, 0.2) is 0 Å². The molecule has 0 saturated carbocycles. The van der Waals surface area contributed by atoms with E-state index in [1.807, 2.05) is 4.90 Å². The first kappa shape index (κ1) is 15.0. The average molecular weight is 224 g/mol. The second-order valence-electron chi connectivity index (χ2n) is 5.73. The normalized spacial score (nSPS) is 11.7. The molecule has 0 rings (SSSR count). The lowest BCUT2D eigenvalue weighted by Gasteiger charge is -2.30. The van der Waals surface area contributed by atoms with Crippen molar-refractivity contribution in [1.29, 1.82) is 5.26 Å². The third-order valence-electron chi connectivity index (χ3n) is 2.27. The molecule has 3 nitrogen and oxygen atoms in total. The zero-order valence-electron chi connectivity index (χ0n) is 11.4. The van der Waals surface area contributed by atoms with E-state index in [1.165, 1.54) is 0 Å². The fourth-order valence-electron chi connectivity index (χ4n) is 1.57. The molecule has 0 atom stereocenters. The number of nitriles is 1. The van der Waals surface area contributed by atoms with Gasteiger partial charge in [-0.15, -0.1) is 0 Å². The van der Waals surface area contributed by atoms with Gasteiger partial charge in [0.2, 0.25) is 5.91 Å². The molecule has 0 aliphatic carbocycles. The van der Waals surface area contributed by atoms with E-state index in [4.69, 9.17) is 5.26 Å². The first-order valence-electron chi connectivity index (χ1n) is 5.91. The van der Waals surface area contributed by atoms with Crippen molar-refractivity contribution >= 4 is 5.91 Å². The van der Waals surface area contributed by atoms with Gasteiger partial charge in [-0.2, -0.15) is 5.26 Å². The summed E-state index contributed by atoms with van der Waals surface area (Å²) >= 11 is 0. The van der Waals surface area contributed by atoms with Gasteiger partial charge < -0.3 is 4.90 Å². The number of nitrogens with zero attached hydrogens (tertiary/aromatic N) is 2. The molecule has 0 unspecified atom stereocenters. The molecule has 0 bridgehead atoms. The molecule has 0 fully saturated rings. The summed E-state index contributed by atoms with van der Waals surface area (Å²) < 4.78 is 0. The molecular formula is C13H24N2O. The van der Waals surface area contributed by atoms with Gasteiger partial charge in [0, 0.05) is 13.1 Å². The van der Waals surface area contributed by atoms with Crippen molar-refractivity contribution in [2.45, 2.75) is 41.5 Å². The molecule has 92 valence electrons. The Hall–Kier alpha value is -1.04. The lowest BCUT2D eigenvalue weighted by atomic mass is 9.93. The van der Waals surface area contributed by atoms with E-state index in [-0.39, 0.29) is 5.91 Å². The largest absolute Gasteiger partial charge is 0.341 e. The molecule has 0 aromatic heterocycles. The van der Waals surface area contributed by atoms with E-state index in [0.29, 0.717) is 11.8 Å². The van der Waals surface area contributed by atoms with Gasteiger partial charge in [-0.25, -0.2) is 0 Å². The minimum Gasteiger partial charge on any atom is -0.341 e. The summed E-state index contributed by atoms with van der Waals surface area (Å²) in [4.78, 5) is 14.0. The predicted octanol–water partition coefficient (Wildman–Crippen LogP) is 2.68. The Balaban J connectivity index is 4.77. The van der Waals surface area contributed by atoms with Gasteiger partial charge in [0.15, 0.2) is 0 Å². The first-order chi connectivity index (χ1) is 7.20. The number of carbonyl (C=O) groups excluding carboxylic acids is 1. The maximum atomic E-state index is 12.2. The summed E-state index contributed by atoms with van der Waals surface area (Å²) in [6.07, 6.45) is 0. The van der Waals surface area contributed by atoms with Gasteiger partial charge in [-0.1, -0.05) is 27.7 Å². The van der Waals surface area contributed by atoms with Crippen LogP contribution in [0.5, 0.6) is 0 Å². The molecule has 0 saturated heterocycles. The average Bonchev–Trinajstić information content (AvgIpc) is 2.14. The molecule has 0 radical (unpaired) electrons. The second kappa shape index (κ2) is 5.89. The van der Waals surface area contributed by atoms with E-state index in [9.17, 15) is 4.79 Å². The Morgan fingerprint density at radius 2 is 1.56 bits per heavy atom. The fraction of sp³-hybridized carbons (Fsp3) is 0.846. The second-order valence-corrected chi connectivity index (χ2v) is 5.73. The number of hydrogen-bond donors (Lipinski definition) is 0. The van der Waals surface area contributed by atoms with Crippen molar-refractivity contribution in [1.82, 2.24) is 4.90 Å². The minimum atomic E-state index is -0.913. The van der Waals surface area contributed by atoms with E-state index in [1.54, 1.807) is 13.8 Å². The highest BCUT2D eigenvalue weighted by Crippen LogP contribution is 2.19. The van der Waals surface area contributed by atoms with Crippen molar-refractivity contribution in [2.24, 2.45) is 17.3 Å². The highest BCUT2D eigenvalue weighted by atomic mass is 16.2. The van der Waals surface area contributed by atoms with Crippen LogP contribution in [0.1, 0.15) is 41.5 Å². The topological polar surface area (TPSA) is 44.1 Å². The van der Waals surface area contributed by atoms with Crippen LogP contribution in [0.25, 0.3) is 0 Å². The van der Waals surface area contributed by atoms with E-state index < -0.39 is 5.41 Å². The Labute approximate surface area is 99.4 Å². The molecule has 0 heterocycles. The van der Waals surface area contributed by atoms with Gasteiger partial charge in [-0.3, -0.25) is 4.79 Å². The molecule has 16 heavy (non-hydrogen) atoms. The third kappa shape index (κ3) is 4.65. The third-order valence-corrected chi connectivity index (χ3v) is 2.27. The van der Waals surface area contributed by atoms with Crippen LogP contribution in [0, 0.1) is 28.6 Å². The minimum absolute atomic E-state index is 0.0580. The Morgan fingerprint density at radius 1 is 1.19 bits per heavy atom. The molecule has 0 N–H and O–H groups in total. The van der Waals surface area contributed by atoms with Crippen LogP contribution in [-0.2, 0) is 4.79 Å². The Kier molecular flexibility index (Phi) is 5.50. The summed E-state index contributed by atoms with van der Waals surface area (Å²) in [5.74, 6) is 0.798. The Morgan fingerprint density at radius 3 is 1.81 bits per heavy atom. The van der Waals surface area contributed by atoms with Gasteiger partial charge in [0.1, 0.15) is 5.41 Å². The molecular weight excluding hydrogens is 200 g/mol. The van der Waals surface area contributed by atoms with Crippen LogP contribution in [0.2, 0.25) is 0 Å². The smallest absolute Gasteiger partial charge is 0.242 e. The maximum absolute atomic E-state index is 12.2. The SMILES string of the molecule is CC(C)CN(CC(C)C)C(=O)C(C)(C)C#N. The quantitative estimate of drug-likeness (QED) is 0.720. The fourth-order valence-corrected chi connectivity index (χ4v) is 1.57. The monoisotopic (exact) mass is 224 g/mol. The summed E-state index contributed by atoms with van der Waals surface area (Å²) in [5, 5.41) is 8.98. The van der Waals surface area contributed by atoms with Gasteiger partial charge in [-0.05, 0) is 25.7 Å². The summed E-state index contributed by atoms with van der Waals surface area (Å²) in [6.45, 7) is 13.1. The number of amides is 1. The van der Waals surface area contributed by atoms with Crippen LogP contribution in [-0.4, -0.2) is 23.9 Å². The molecule has 0 aliphatic heterocycles. The van der Waals surface area contributed by atoms with Crippen molar-refractivity contribution in [2.75, 3.05) is 13.1 Å².